The molecule has 7 heteroatoms. The Balaban J connectivity index is 1.56. The van der Waals surface area contributed by atoms with E-state index >= 15 is 0 Å². The van der Waals surface area contributed by atoms with Crippen LogP contribution in [0.3, 0.4) is 0 Å². The molecular weight excluding hydrogens is 372 g/mol. The summed E-state index contributed by atoms with van der Waals surface area (Å²) in [6, 6.07) is 6.34. The van der Waals surface area contributed by atoms with Crippen molar-refractivity contribution in [2.75, 3.05) is 53.6 Å². The van der Waals surface area contributed by atoms with Gasteiger partial charge in [-0.25, -0.2) is 0 Å². The van der Waals surface area contributed by atoms with Gasteiger partial charge in [-0.05, 0) is 50.9 Å². The van der Waals surface area contributed by atoms with Gasteiger partial charge in [0.25, 0.3) is 0 Å². The molecule has 29 heavy (non-hydrogen) atoms. The molecular formula is C22H36N2O5. The lowest BCUT2D eigenvalue weighted by molar-refractivity contribution is 0.0325. The molecule has 2 N–H and O–H groups in total. The van der Waals surface area contributed by atoms with Crippen LogP contribution in [0.2, 0.25) is 0 Å². The number of aliphatic hydroxyl groups is 2. The van der Waals surface area contributed by atoms with E-state index in [-0.39, 0.29) is 12.7 Å². The lowest BCUT2D eigenvalue weighted by atomic mass is 10.1. The Labute approximate surface area is 174 Å². The van der Waals surface area contributed by atoms with E-state index in [9.17, 15) is 10.2 Å². The predicted octanol–water partition coefficient (Wildman–Crippen LogP) is 1.50. The van der Waals surface area contributed by atoms with Gasteiger partial charge < -0.3 is 29.3 Å². The standard InChI is InChI=1S/C22H36N2O5/c1-23(18-7-11-28-12-8-18)14-17-13-21(27-2)3-4-22(17)29-16-20(26)15-24-9-5-19(25)6-10-24/h3-4,13,18-20,25-26H,5-12,14-16H2,1-2H3/t20-/m0/s1. The second kappa shape index (κ2) is 11.1. The Hall–Kier alpha value is -1.38. The molecule has 0 unspecified atom stereocenters. The highest BCUT2D eigenvalue weighted by atomic mass is 16.5. The largest absolute Gasteiger partial charge is 0.497 e. The molecule has 164 valence electrons. The molecule has 2 aliphatic heterocycles. The molecule has 2 saturated heterocycles. The lowest BCUT2D eigenvalue weighted by Crippen LogP contribution is -2.41. The van der Waals surface area contributed by atoms with Crippen molar-refractivity contribution >= 4 is 0 Å². The number of β-amino-alcohol motifs (C(OH)–C–C–N with tert-alkyl or cyclic N) is 1. The van der Waals surface area contributed by atoms with Crippen molar-refractivity contribution < 1.29 is 24.4 Å². The molecule has 0 amide bonds. The monoisotopic (exact) mass is 408 g/mol. The van der Waals surface area contributed by atoms with Crippen LogP contribution < -0.4 is 9.47 Å². The first-order chi connectivity index (χ1) is 14.0. The Morgan fingerprint density at radius 3 is 2.62 bits per heavy atom. The van der Waals surface area contributed by atoms with Gasteiger partial charge in [-0.3, -0.25) is 4.90 Å². The summed E-state index contributed by atoms with van der Waals surface area (Å²) in [6.45, 7) is 4.85. The molecule has 0 bridgehead atoms. The van der Waals surface area contributed by atoms with Gasteiger partial charge in [-0.15, -0.1) is 0 Å². The number of methoxy groups -OCH3 is 1. The molecule has 1 atom stereocenters. The van der Waals surface area contributed by atoms with E-state index in [1.807, 2.05) is 18.2 Å². The molecule has 2 aliphatic rings. The van der Waals surface area contributed by atoms with Crippen LogP contribution in [0.25, 0.3) is 0 Å². The predicted molar refractivity (Wildman–Crippen MR) is 111 cm³/mol. The second-order valence-corrected chi connectivity index (χ2v) is 8.23. The van der Waals surface area contributed by atoms with Gasteiger partial charge in [0.05, 0.1) is 13.2 Å². The van der Waals surface area contributed by atoms with E-state index in [4.69, 9.17) is 14.2 Å². The van der Waals surface area contributed by atoms with Crippen molar-refractivity contribution in [1.29, 1.82) is 0 Å². The van der Waals surface area contributed by atoms with E-state index in [2.05, 4.69) is 16.8 Å². The summed E-state index contributed by atoms with van der Waals surface area (Å²) in [5.74, 6) is 1.60. The van der Waals surface area contributed by atoms with Gasteiger partial charge in [0.1, 0.15) is 24.2 Å². The zero-order valence-electron chi connectivity index (χ0n) is 17.8. The molecule has 0 aromatic heterocycles. The summed E-state index contributed by atoms with van der Waals surface area (Å²) >= 11 is 0. The summed E-state index contributed by atoms with van der Waals surface area (Å²) in [5, 5.41) is 20.0. The van der Waals surface area contributed by atoms with Crippen LogP contribution in [-0.4, -0.2) is 91.9 Å². The minimum Gasteiger partial charge on any atom is -0.497 e. The molecule has 1 aromatic carbocycles. The van der Waals surface area contributed by atoms with Crippen LogP contribution in [0.1, 0.15) is 31.2 Å². The molecule has 3 rings (SSSR count). The molecule has 0 radical (unpaired) electrons. The first kappa shape index (κ1) is 22.3. The maximum Gasteiger partial charge on any atom is 0.124 e. The van der Waals surface area contributed by atoms with Gasteiger partial charge in [0, 0.05) is 51.0 Å². The van der Waals surface area contributed by atoms with Gasteiger partial charge in [0.2, 0.25) is 0 Å². The Morgan fingerprint density at radius 1 is 1.21 bits per heavy atom. The molecule has 7 nitrogen and oxygen atoms in total. The van der Waals surface area contributed by atoms with Crippen molar-refractivity contribution in [2.24, 2.45) is 0 Å². The summed E-state index contributed by atoms with van der Waals surface area (Å²) in [5.41, 5.74) is 1.06. The fourth-order valence-electron chi connectivity index (χ4n) is 4.11. The molecule has 2 fully saturated rings. The van der Waals surface area contributed by atoms with Gasteiger partial charge >= 0.3 is 0 Å². The third-order valence-corrected chi connectivity index (χ3v) is 5.96. The fraction of sp³-hybridized carbons (Fsp3) is 0.727. The fourth-order valence-corrected chi connectivity index (χ4v) is 4.11. The number of nitrogens with zero attached hydrogens (tertiary/aromatic N) is 2. The molecule has 0 aliphatic carbocycles. The maximum absolute atomic E-state index is 10.4. The van der Waals surface area contributed by atoms with E-state index in [1.54, 1.807) is 7.11 Å². The Kier molecular flexibility index (Phi) is 8.56. The minimum absolute atomic E-state index is 0.200. The van der Waals surface area contributed by atoms with Gasteiger partial charge in [-0.1, -0.05) is 0 Å². The number of aliphatic hydroxyl groups excluding tert-OH is 2. The number of ether oxygens (including phenoxy) is 3. The average molecular weight is 409 g/mol. The molecule has 0 spiro atoms. The van der Waals surface area contributed by atoms with Crippen LogP contribution in [0.4, 0.5) is 0 Å². The highest BCUT2D eigenvalue weighted by molar-refractivity contribution is 5.40. The van der Waals surface area contributed by atoms with Crippen LogP contribution in [0, 0.1) is 0 Å². The first-order valence-electron chi connectivity index (χ1n) is 10.7. The quantitative estimate of drug-likeness (QED) is 0.641. The van der Waals surface area contributed by atoms with Crippen LogP contribution >= 0.6 is 0 Å². The highest BCUT2D eigenvalue weighted by Crippen LogP contribution is 2.27. The Morgan fingerprint density at radius 2 is 1.93 bits per heavy atom. The topological polar surface area (TPSA) is 74.6 Å². The zero-order valence-corrected chi connectivity index (χ0v) is 17.8. The van der Waals surface area contributed by atoms with Crippen LogP contribution in [0.15, 0.2) is 18.2 Å². The molecule has 0 saturated carbocycles. The third kappa shape index (κ3) is 6.83. The number of benzene rings is 1. The SMILES string of the molecule is COc1ccc(OC[C@@H](O)CN2CCC(O)CC2)c(CN(C)C2CCOCC2)c1. The van der Waals surface area contributed by atoms with Crippen molar-refractivity contribution in [2.45, 2.75) is 50.5 Å². The van der Waals surface area contributed by atoms with Crippen LogP contribution in [-0.2, 0) is 11.3 Å². The zero-order chi connectivity index (χ0) is 20.6. The highest BCUT2D eigenvalue weighted by Gasteiger charge is 2.22. The van der Waals surface area contributed by atoms with E-state index in [0.717, 1.165) is 75.6 Å². The summed E-state index contributed by atoms with van der Waals surface area (Å²) in [7, 11) is 3.81. The Bertz CT molecular complexity index is 615. The van der Waals surface area contributed by atoms with Gasteiger partial charge in [0.15, 0.2) is 0 Å². The van der Waals surface area contributed by atoms with Crippen molar-refractivity contribution in [3.8, 4) is 11.5 Å². The summed E-state index contributed by atoms with van der Waals surface area (Å²) in [4.78, 5) is 4.54. The van der Waals surface area contributed by atoms with E-state index in [0.29, 0.717) is 12.6 Å². The third-order valence-electron chi connectivity index (χ3n) is 5.96. The number of hydrogen-bond donors (Lipinski definition) is 2. The molecule has 1 aromatic rings. The van der Waals surface area contributed by atoms with Crippen molar-refractivity contribution in [3.63, 3.8) is 0 Å². The number of hydrogen-bond acceptors (Lipinski definition) is 7. The first-order valence-corrected chi connectivity index (χ1v) is 10.7. The van der Waals surface area contributed by atoms with E-state index in [1.165, 1.54) is 0 Å². The molecule has 2 heterocycles. The normalized spacial score (nSPS) is 20.7. The average Bonchev–Trinajstić information content (AvgIpc) is 2.75. The van der Waals surface area contributed by atoms with E-state index < -0.39 is 6.10 Å². The number of piperidine rings is 1. The lowest BCUT2D eigenvalue weighted by Gasteiger charge is -2.32. The minimum atomic E-state index is -0.562. The smallest absolute Gasteiger partial charge is 0.124 e. The number of rotatable bonds is 9. The second-order valence-electron chi connectivity index (χ2n) is 8.23. The maximum atomic E-state index is 10.4. The van der Waals surface area contributed by atoms with Crippen molar-refractivity contribution in [3.05, 3.63) is 23.8 Å². The summed E-state index contributed by atoms with van der Waals surface area (Å²) < 4.78 is 16.9. The summed E-state index contributed by atoms with van der Waals surface area (Å²) in [6.07, 6.45) is 2.87. The van der Waals surface area contributed by atoms with Crippen molar-refractivity contribution in [1.82, 2.24) is 9.80 Å². The van der Waals surface area contributed by atoms with Gasteiger partial charge in [-0.2, -0.15) is 0 Å². The number of likely N-dealkylation sites (tertiary alicyclic amines) is 1. The van der Waals surface area contributed by atoms with Crippen LogP contribution in [0.5, 0.6) is 11.5 Å².